The Balaban J connectivity index is 1.66. The Morgan fingerprint density at radius 3 is 2.53 bits per heavy atom. The standard InChI is InChI=1S/C25H32N2O3/c1-18(2)15-16-30-21-12-8-9-19(17-21)24(28)27-23-14-7-6-13-22(23)25(29)26-20-10-4-3-5-11-20/h6-9,12-14,17-18,20H,3-5,10-11,15-16H2,1-2H3,(H,26,29)(H,27,28). The number of carbonyl (C=O) groups excluding carboxylic acids is 2. The van der Waals surface area contributed by atoms with E-state index in [0.717, 1.165) is 32.1 Å². The molecular formula is C25H32N2O3. The highest BCUT2D eigenvalue weighted by molar-refractivity contribution is 6.09. The lowest BCUT2D eigenvalue weighted by molar-refractivity contribution is 0.0928. The van der Waals surface area contributed by atoms with Crippen LogP contribution in [0.1, 0.15) is 73.1 Å². The molecule has 3 rings (SSSR count). The number of hydrogen-bond acceptors (Lipinski definition) is 3. The van der Waals surface area contributed by atoms with E-state index in [1.54, 1.807) is 30.3 Å². The first-order valence-corrected chi connectivity index (χ1v) is 11.0. The zero-order chi connectivity index (χ0) is 21.3. The second kappa shape index (κ2) is 10.8. The summed E-state index contributed by atoms with van der Waals surface area (Å²) in [5.74, 6) is 0.838. The van der Waals surface area contributed by atoms with Gasteiger partial charge in [-0.3, -0.25) is 9.59 Å². The van der Waals surface area contributed by atoms with Crippen molar-refractivity contribution in [2.45, 2.75) is 58.4 Å². The Morgan fingerprint density at radius 1 is 1.00 bits per heavy atom. The van der Waals surface area contributed by atoms with Crippen molar-refractivity contribution >= 4 is 17.5 Å². The van der Waals surface area contributed by atoms with Gasteiger partial charge in [-0.25, -0.2) is 0 Å². The maximum Gasteiger partial charge on any atom is 0.255 e. The molecule has 5 nitrogen and oxygen atoms in total. The van der Waals surface area contributed by atoms with Gasteiger partial charge in [-0.2, -0.15) is 0 Å². The molecule has 0 spiro atoms. The molecule has 0 heterocycles. The van der Waals surface area contributed by atoms with Gasteiger partial charge >= 0.3 is 0 Å². The van der Waals surface area contributed by atoms with E-state index in [-0.39, 0.29) is 17.9 Å². The van der Waals surface area contributed by atoms with Crippen LogP contribution in [0.5, 0.6) is 5.75 Å². The molecule has 160 valence electrons. The monoisotopic (exact) mass is 408 g/mol. The van der Waals surface area contributed by atoms with Crippen LogP contribution < -0.4 is 15.4 Å². The van der Waals surface area contributed by atoms with Crippen LogP contribution in [0.15, 0.2) is 48.5 Å². The van der Waals surface area contributed by atoms with Crippen molar-refractivity contribution in [3.05, 3.63) is 59.7 Å². The average molecular weight is 409 g/mol. The molecule has 0 aliphatic heterocycles. The quantitative estimate of drug-likeness (QED) is 0.612. The van der Waals surface area contributed by atoms with Gasteiger partial charge in [0.25, 0.3) is 11.8 Å². The SMILES string of the molecule is CC(C)CCOc1cccc(C(=O)Nc2ccccc2C(=O)NC2CCCCC2)c1. The molecule has 2 amide bonds. The minimum Gasteiger partial charge on any atom is -0.494 e. The first-order valence-electron chi connectivity index (χ1n) is 11.0. The minimum atomic E-state index is -0.262. The number of anilines is 1. The summed E-state index contributed by atoms with van der Waals surface area (Å²) in [4.78, 5) is 25.6. The van der Waals surface area contributed by atoms with Crippen molar-refractivity contribution < 1.29 is 14.3 Å². The molecular weight excluding hydrogens is 376 g/mol. The van der Waals surface area contributed by atoms with E-state index in [1.807, 2.05) is 18.2 Å². The minimum absolute atomic E-state index is 0.136. The van der Waals surface area contributed by atoms with E-state index in [4.69, 9.17) is 4.74 Å². The molecule has 1 saturated carbocycles. The molecule has 2 aromatic rings. The third-order valence-corrected chi connectivity index (χ3v) is 5.42. The van der Waals surface area contributed by atoms with Crippen molar-refractivity contribution in [3.8, 4) is 5.75 Å². The molecule has 0 bridgehead atoms. The molecule has 0 saturated heterocycles. The summed E-state index contributed by atoms with van der Waals surface area (Å²) in [5, 5.41) is 6.01. The normalized spacial score (nSPS) is 14.4. The van der Waals surface area contributed by atoms with Gasteiger partial charge in [0.05, 0.1) is 17.9 Å². The van der Waals surface area contributed by atoms with Gasteiger partial charge in [0.2, 0.25) is 0 Å². The van der Waals surface area contributed by atoms with Crippen LogP contribution in [0, 0.1) is 5.92 Å². The van der Waals surface area contributed by atoms with Crippen LogP contribution in [0.4, 0.5) is 5.69 Å². The molecule has 1 fully saturated rings. The number of rotatable bonds is 8. The van der Waals surface area contributed by atoms with Crippen LogP contribution in [0.25, 0.3) is 0 Å². The smallest absolute Gasteiger partial charge is 0.255 e. The zero-order valence-corrected chi connectivity index (χ0v) is 17.9. The maximum atomic E-state index is 12.8. The number of para-hydroxylation sites is 1. The Kier molecular flexibility index (Phi) is 7.89. The summed E-state index contributed by atoms with van der Waals surface area (Å²) < 4.78 is 5.76. The fourth-order valence-electron chi connectivity index (χ4n) is 3.63. The highest BCUT2D eigenvalue weighted by Gasteiger charge is 2.19. The van der Waals surface area contributed by atoms with Gasteiger partial charge < -0.3 is 15.4 Å². The number of nitrogens with one attached hydrogen (secondary N) is 2. The fraction of sp³-hybridized carbons (Fsp3) is 0.440. The van der Waals surface area contributed by atoms with Gasteiger partial charge in [0.1, 0.15) is 5.75 Å². The van der Waals surface area contributed by atoms with Gasteiger partial charge in [0, 0.05) is 11.6 Å². The first-order chi connectivity index (χ1) is 14.5. The highest BCUT2D eigenvalue weighted by atomic mass is 16.5. The Labute approximate surface area is 179 Å². The summed E-state index contributed by atoms with van der Waals surface area (Å²) in [5.41, 5.74) is 1.50. The van der Waals surface area contributed by atoms with Crippen molar-refractivity contribution in [2.24, 2.45) is 5.92 Å². The molecule has 2 aromatic carbocycles. The topological polar surface area (TPSA) is 67.4 Å². The Morgan fingerprint density at radius 2 is 1.77 bits per heavy atom. The first kappa shape index (κ1) is 21.9. The molecule has 1 aliphatic carbocycles. The van der Waals surface area contributed by atoms with Gasteiger partial charge in [-0.1, -0.05) is 51.3 Å². The van der Waals surface area contributed by atoms with E-state index in [9.17, 15) is 9.59 Å². The van der Waals surface area contributed by atoms with E-state index in [0.29, 0.717) is 35.1 Å². The number of ether oxygens (including phenoxy) is 1. The largest absolute Gasteiger partial charge is 0.494 e. The summed E-state index contributed by atoms with van der Waals surface area (Å²) >= 11 is 0. The lowest BCUT2D eigenvalue weighted by Crippen LogP contribution is -2.36. The zero-order valence-electron chi connectivity index (χ0n) is 17.9. The van der Waals surface area contributed by atoms with E-state index >= 15 is 0 Å². The Hall–Kier alpha value is -2.82. The molecule has 2 N–H and O–H groups in total. The summed E-state index contributed by atoms with van der Waals surface area (Å²) in [7, 11) is 0. The molecule has 0 radical (unpaired) electrons. The van der Waals surface area contributed by atoms with Crippen molar-refractivity contribution in [1.29, 1.82) is 0 Å². The van der Waals surface area contributed by atoms with Crippen LogP contribution in [-0.2, 0) is 0 Å². The third kappa shape index (κ3) is 6.34. The molecule has 0 aromatic heterocycles. The molecule has 0 atom stereocenters. The predicted molar refractivity (Wildman–Crippen MR) is 120 cm³/mol. The van der Waals surface area contributed by atoms with E-state index in [2.05, 4.69) is 24.5 Å². The number of amides is 2. The second-order valence-corrected chi connectivity index (χ2v) is 8.37. The number of hydrogen-bond donors (Lipinski definition) is 2. The second-order valence-electron chi connectivity index (χ2n) is 8.37. The van der Waals surface area contributed by atoms with E-state index < -0.39 is 0 Å². The Bertz CT molecular complexity index is 857. The average Bonchev–Trinajstić information content (AvgIpc) is 2.75. The summed E-state index contributed by atoms with van der Waals surface area (Å²) in [6, 6.07) is 14.5. The highest BCUT2D eigenvalue weighted by Crippen LogP contribution is 2.21. The molecule has 30 heavy (non-hydrogen) atoms. The van der Waals surface area contributed by atoms with Crippen LogP contribution >= 0.6 is 0 Å². The number of benzene rings is 2. The fourth-order valence-corrected chi connectivity index (χ4v) is 3.63. The molecule has 5 heteroatoms. The molecule has 1 aliphatic rings. The summed E-state index contributed by atoms with van der Waals surface area (Å²) in [6.07, 6.45) is 6.53. The van der Waals surface area contributed by atoms with Gasteiger partial charge in [-0.05, 0) is 55.5 Å². The van der Waals surface area contributed by atoms with E-state index in [1.165, 1.54) is 6.42 Å². The van der Waals surface area contributed by atoms with Crippen molar-refractivity contribution in [1.82, 2.24) is 5.32 Å². The predicted octanol–water partition coefficient (Wildman–Crippen LogP) is 5.43. The maximum absolute atomic E-state index is 12.8. The van der Waals surface area contributed by atoms with Crippen molar-refractivity contribution in [3.63, 3.8) is 0 Å². The van der Waals surface area contributed by atoms with Gasteiger partial charge in [-0.15, -0.1) is 0 Å². The lowest BCUT2D eigenvalue weighted by atomic mass is 9.95. The summed E-state index contributed by atoms with van der Waals surface area (Å²) in [6.45, 7) is 4.91. The van der Waals surface area contributed by atoms with Crippen LogP contribution in [-0.4, -0.2) is 24.5 Å². The van der Waals surface area contributed by atoms with Crippen LogP contribution in [0.3, 0.4) is 0 Å². The third-order valence-electron chi connectivity index (χ3n) is 5.42. The van der Waals surface area contributed by atoms with Gasteiger partial charge in [0.15, 0.2) is 0 Å². The number of carbonyl (C=O) groups is 2. The lowest BCUT2D eigenvalue weighted by Gasteiger charge is -2.23. The van der Waals surface area contributed by atoms with Crippen LogP contribution in [0.2, 0.25) is 0 Å². The molecule has 0 unspecified atom stereocenters. The van der Waals surface area contributed by atoms with Crippen molar-refractivity contribution in [2.75, 3.05) is 11.9 Å².